The second-order valence-electron chi connectivity index (χ2n) is 15.9. The van der Waals surface area contributed by atoms with Crippen molar-refractivity contribution in [2.45, 2.75) is 131 Å². The summed E-state index contributed by atoms with van der Waals surface area (Å²) in [5.41, 5.74) is -14.1. The largest absolute Gasteiger partial charge is 0.462 e. The minimum absolute atomic E-state index is 0.112. The molecule has 1 aliphatic rings. The highest BCUT2D eigenvalue weighted by molar-refractivity contribution is 5.85. The lowest BCUT2D eigenvalue weighted by Gasteiger charge is -2.37. The predicted octanol–water partition coefficient (Wildman–Crippen LogP) is 10.4. The van der Waals surface area contributed by atoms with Gasteiger partial charge in [0.15, 0.2) is 6.10 Å². The van der Waals surface area contributed by atoms with E-state index in [2.05, 4.69) is 0 Å². The Bertz CT molecular complexity index is 2120. The molecule has 20 heteroatoms. The molecule has 0 amide bonds. The van der Waals surface area contributed by atoms with Gasteiger partial charge in [0.2, 0.25) is 0 Å². The molecule has 0 spiro atoms. The lowest BCUT2D eigenvalue weighted by Crippen LogP contribution is -2.55. The van der Waals surface area contributed by atoms with Crippen LogP contribution in [0, 0.1) is 0 Å². The van der Waals surface area contributed by atoms with Crippen molar-refractivity contribution < 1.29 is 91.8 Å². The van der Waals surface area contributed by atoms with Crippen LogP contribution < -0.4 is 0 Å². The summed E-state index contributed by atoms with van der Waals surface area (Å²) in [4.78, 5) is 55.9. The molecule has 374 valence electrons. The van der Waals surface area contributed by atoms with E-state index in [1.165, 1.54) is 30.3 Å². The molecule has 0 bridgehead atoms. The molecule has 3 aromatic rings. The van der Waals surface area contributed by atoms with Gasteiger partial charge in [-0.25, -0.2) is 14.4 Å². The number of benzene rings is 3. The van der Waals surface area contributed by atoms with Crippen LogP contribution in [0.4, 0.5) is 39.5 Å². The zero-order valence-electron chi connectivity index (χ0n) is 37.6. The molecule has 4 rings (SSSR count). The van der Waals surface area contributed by atoms with Crippen molar-refractivity contribution in [1.82, 2.24) is 0 Å². The zero-order chi connectivity index (χ0) is 50.4. The zero-order valence-corrected chi connectivity index (χ0v) is 37.6. The van der Waals surface area contributed by atoms with E-state index in [4.69, 9.17) is 33.2 Å². The van der Waals surface area contributed by atoms with E-state index in [0.717, 1.165) is 86.3 Å². The van der Waals surface area contributed by atoms with Gasteiger partial charge in [0.25, 0.3) is 16.8 Å². The van der Waals surface area contributed by atoms with Crippen molar-refractivity contribution in [3.63, 3.8) is 0 Å². The van der Waals surface area contributed by atoms with Crippen LogP contribution >= 0.6 is 0 Å². The summed E-state index contributed by atoms with van der Waals surface area (Å²) in [5, 5.41) is 0. The fourth-order valence-electron chi connectivity index (χ4n) is 7.89. The maximum absolute atomic E-state index is 15.2. The summed E-state index contributed by atoms with van der Waals surface area (Å²) >= 11 is 0. The van der Waals surface area contributed by atoms with Crippen molar-refractivity contribution in [2.75, 3.05) is 21.3 Å². The third kappa shape index (κ3) is 12.2. The first kappa shape index (κ1) is 55.1. The monoisotopic (exact) mass is 976 g/mol. The smallest absolute Gasteiger partial charge is 0.432 e. The molecule has 0 fully saturated rings. The van der Waals surface area contributed by atoms with E-state index in [1.54, 1.807) is 0 Å². The molecule has 0 aliphatic carbocycles. The lowest BCUT2D eigenvalue weighted by atomic mass is 9.91. The molecule has 7 atom stereocenters. The molecule has 0 saturated carbocycles. The van der Waals surface area contributed by atoms with Gasteiger partial charge in [0.1, 0.15) is 18.3 Å². The number of hydrogen-bond acceptors (Lipinski definition) is 11. The molecular weight excluding hydrogens is 923 g/mol. The molecule has 0 saturated heterocycles. The number of cyclic esters (lactones) is 1. The summed E-state index contributed by atoms with van der Waals surface area (Å²) in [7, 11) is 1.64. The minimum atomic E-state index is -5.62. The van der Waals surface area contributed by atoms with Crippen LogP contribution in [-0.2, 0) is 69.1 Å². The Morgan fingerprint density at radius 1 is 0.544 bits per heavy atom. The number of carbonyl (C=O) groups excluding carboxylic acids is 4. The van der Waals surface area contributed by atoms with Gasteiger partial charge in [-0.2, -0.15) is 39.5 Å². The van der Waals surface area contributed by atoms with Gasteiger partial charge in [-0.3, -0.25) is 4.79 Å². The molecule has 0 aromatic heterocycles. The van der Waals surface area contributed by atoms with Crippen molar-refractivity contribution in [2.24, 2.45) is 0 Å². The fourth-order valence-corrected chi connectivity index (χ4v) is 7.89. The average Bonchev–Trinajstić information content (AvgIpc) is 3.27. The first-order valence-corrected chi connectivity index (χ1v) is 21.6. The number of alkyl halides is 9. The molecule has 1 aliphatic heterocycles. The highest BCUT2D eigenvalue weighted by Gasteiger charge is 2.67. The van der Waals surface area contributed by atoms with Crippen molar-refractivity contribution in [1.29, 1.82) is 0 Å². The van der Waals surface area contributed by atoms with E-state index in [-0.39, 0.29) is 12.8 Å². The van der Waals surface area contributed by atoms with Gasteiger partial charge in [0.05, 0.1) is 6.42 Å². The number of unbranched alkanes of at least 4 members (excludes halogenated alkanes) is 6. The third-order valence-electron chi connectivity index (χ3n) is 11.5. The topological polar surface area (TPSA) is 133 Å². The van der Waals surface area contributed by atoms with E-state index < -0.39 is 113 Å². The lowest BCUT2D eigenvalue weighted by molar-refractivity contribution is -0.284. The van der Waals surface area contributed by atoms with Gasteiger partial charge in [0, 0.05) is 44.4 Å². The van der Waals surface area contributed by atoms with Gasteiger partial charge >= 0.3 is 42.4 Å². The molecule has 11 nitrogen and oxygen atoms in total. The van der Waals surface area contributed by atoms with Crippen LogP contribution in [0.3, 0.4) is 0 Å². The Labute approximate surface area is 387 Å². The highest BCUT2D eigenvalue weighted by atomic mass is 19.4. The minimum Gasteiger partial charge on any atom is -0.462 e. The molecular formula is C48H53F9O11. The third-order valence-corrected chi connectivity index (χ3v) is 11.5. The van der Waals surface area contributed by atoms with E-state index in [1.807, 2.05) is 6.92 Å². The Morgan fingerprint density at radius 3 is 1.32 bits per heavy atom. The Balaban J connectivity index is 1.94. The van der Waals surface area contributed by atoms with E-state index in [9.17, 15) is 32.3 Å². The Kier molecular flexibility index (Phi) is 19.2. The maximum atomic E-state index is 15.2. The van der Waals surface area contributed by atoms with Crippen LogP contribution in [-0.4, -0.2) is 88.2 Å². The maximum Gasteiger partial charge on any atom is 0.432 e. The van der Waals surface area contributed by atoms with Crippen LogP contribution in [0.1, 0.15) is 87.8 Å². The first-order chi connectivity index (χ1) is 32.1. The fraction of sp³-hybridized carbons (Fsp3) is 0.500. The van der Waals surface area contributed by atoms with Crippen LogP contribution in [0.25, 0.3) is 0 Å². The molecule has 3 aromatic carbocycles. The summed E-state index contributed by atoms with van der Waals surface area (Å²) in [6.45, 7) is 2.01. The summed E-state index contributed by atoms with van der Waals surface area (Å²) in [6.07, 6.45) is -20.7. The second kappa shape index (κ2) is 23.7. The number of halogens is 9. The molecule has 0 unspecified atom stereocenters. The Morgan fingerprint density at radius 2 is 0.926 bits per heavy atom. The van der Waals surface area contributed by atoms with Gasteiger partial charge in [-0.1, -0.05) is 136 Å². The number of methoxy groups -OCH3 is 3. The van der Waals surface area contributed by atoms with Crippen molar-refractivity contribution in [3.8, 4) is 0 Å². The second-order valence-corrected chi connectivity index (χ2v) is 15.9. The Hall–Kier alpha value is -5.47. The van der Waals surface area contributed by atoms with Gasteiger partial charge in [-0.05, 0) is 25.0 Å². The number of esters is 4. The first-order valence-electron chi connectivity index (χ1n) is 21.6. The average molecular weight is 977 g/mol. The molecule has 0 N–H and O–H groups in total. The van der Waals surface area contributed by atoms with Gasteiger partial charge < -0.3 is 33.2 Å². The summed E-state index contributed by atoms with van der Waals surface area (Å²) in [5.74, 6) is -7.79. The molecule has 1 heterocycles. The normalized spacial score (nSPS) is 21.5. The molecule has 0 radical (unpaired) electrons. The van der Waals surface area contributed by atoms with Crippen LogP contribution in [0.15, 0.2) is 103 Å². The standard InChI is InChI=1S/C48H53F9O11/c1-5-6-7-8-9-10-20-27-35-30-38(68-42(61)45(64-4,48(55,56)57)34-25-18-13-19-26-34)37(67-41(60)44(63-3,47(52,53)54)33-23-16-12-17-24-33)29-28-36(31-39(58)65-35)66-40(59)43(62-2,46(49,50)51)32-21-14-11-15-22-32/h11-19,21-26,28-29,35-38H,5-10,20,27,30-31H2,1-4H3/b29-28+/t35-,36-,37+,38+,43+,44+,45+/m0/s1. The molecule has 68 heavy (non-hydrogen) atoms. The highest BCUT2D eigenvalue weighted by Crippen LogP contribution is 2.47. The quantitative estimate of drug-likeness (QED) is 0.0352. The van der Waals surface area contributed by atoms with E-state index >= 15 is 26.3 Å². The number of ether oxygens (including phenoxy) is 7. The number of hydrogen-bond donors (Lipinski definition) is 0. The van der Waals surface area contributed by atoms with E-state index in [0.29, 0.717) is 46.3 Å². The van der Waals surface area contributed by atoms with Gasteiger partial charge in [-0.15, -0.1) is 0 Å². The van der Waals surface area contributed by atoms with Crippen LogP contribution in [0.2, 0.25) is 0 Å². The van der Waals surface area contributed by atoms with Crippen LogP contribution in [0.5, 0.6) is 0 Å². The summed E-state index contributed by atoms with van der Waals surface area (Å²) in [6, 6.07) is 16.3. The predicted molar refractivity (Wildman–Crippen MR) is 224 cm³/mol. The van der Waals surface area contributed by atoms with Crippen molar-refractivity contribution in [3.05, 3.63) is 120 Å². The summed E-state index contributed by atoms with van der Waals surface area (Å²) < 4.78 is 173. The number of rotatable bonds is 20. The SMILES string of the molecule is CCCCCCCCC[C@H]1C[C@@H](OC(=O)[C@](OC)(c2ccccc2)C(F)(F)F)[C@H](OC(=O)[C@](OC)(c2ccccc2)C(F)(F)F)/C=C/[C@H](OC(=O)[C@](OC)(c2ccccc2)C(F)(F)F)CC(=O)O1. The number of carbonyl (C=O) groups is 4. The van der Waals surface area contributed by atoms with Crippen molar-refractivity contribution >= 4 is 23.9 Å².